The zero-order valence-corrected chi connectivity index (χ0v) is 11.6. The predicted molar refractivity (Wildman–Crippen MR) is 67.3 cm³/mol. The van der Waals surface area contributed by atoms with E-state index in [4.69, 9.17) is 10.5 Å². The third-order valence-electron chi connectivity index (χ3n) is 4.36. The molecule has 0 spiro atoms. The first-order valence-electron chi connectivity index (χ1n) is 6.98. The van der Waals surface area contributed by atoms with Crippen LogP contribution in [0.1, 0.15) is 24.5 Å². The number of rotatable bonds is 2. The average molecular weight is 305 g/mol. The van der Waals surface area contributed by atoms with E-state index in [1.54, 1.807) is 0 Å². The van der Waals surface area contributed by atoms with E-state index >= 15 is 0 Å². The molecule has 118 valence electrons. The van der Waals surface area contributed by atoms with Crippen LogP contribution in [0.2, 0.25) is 0 Å². The van der Waals surface area contributed by atoms with Gasteiger partial charge in [-0.2, -0.15) is 13.2 Å². The summed E-state index contributed by atoms with van der Waals surface area (Å²) in [5, 5.41) is 7.00. The molecule has 1 unspecified atom stereocenters. The zero-order chi connectivity index (χ0) is 15.1. The molecule has 2 aliphatic heterocycles. The molecule has 1 fully saturated rings. The molecule has 1 aromatic rings. The van der Waals surface area contributed by atoms with Gasteiger partial charge in [-0.15, -0.1) is 10.2 Å². The zero-order valence-electron chi connectivity index (χ0n) is 11.6. The Morgan fingerprint density at radius 1 is 1.29 bits per heavy atom. The second-order valence-electron chi connectivity index (χ2n) is 5.60. The summed E-state index contributed by atoms with van der Waals surface area (Å²) in [5.41, 5.74) is 5.62. The lowest BCUT2D eigenvalue weighted by molar-refractivity contribution is -0.148. The van der Waals surface area contributed by atoms with Crippen LogP contribution in [0.4, 0.5) is 13.2 Å². The molecule has 0 saturated carbocycles. The van der Waals surface area contributed by atoms with E-state index in [1.165, 1.54) is 0 Å². The lowest BCUT2D eigenvalue weighted by Crippen LogP contribution is -2.60. The van der Waals surface area contributed by atoms with Crippen LogP contribution in [0.25, 0.3) is 0 Å². The van der Waals surface area contributed by atoms with Crippen molar-refractivity contribution in [3.63, 3.8) is 0 Å². The van der Waals surface area contributed by atoms with Gasteiger partial charge in [-0.25, -0.2) is 0 Å². The van der Waals surface area contributed by atoms with Crippen LogP contribution in [0, 0.1) is 0 Å². The van der Waals surface area contributed by atoms with Crippen LogP contribution >= 0.6 is 0 Å². The molecule has 0 aliphatic carbocycles. The maximum Gasteiger partial charge on any atom is 0.451 e. The van der Waals surface area contributed by atoms with Gasteiger partial charge in [0.25, 0.3) is 0 Å². The number of hydrogen-bond donors (Lipinski definition) is 1. The molecule has 1 saturated heterocycles. The maximum absolute atomic E-state index is 12.8. The molecule has 0 radical (unpaired) electrons. The quantitative estimate of drug-likeness (QED) is 0.867. The van der Waals surface area contributed by atoms with Gasteiger partial charge in [0.1, 0.15) is 5.82 Å². The number of halogens is 3. The fraction of sp³-hybridized carbons (Fsp3) is 0.833. The summed E-state index contributed by atoms with van der Waals surface area (Å²) in [6.45, 7) is 2.69. The number of aromatic nitrogens is 3. The number of fused-ring (bicyclic) bond motifs is 1. The van der Waals surface area contributed by atoms with Crippen molar-refractivity contribution in [3.05, 3.63) is 11.6 Å². The van der Waals surface area contributed by atoms with E-state index in [-0.39, 0.29) is 12.1 Å². The van der Waals surface area contributed by atoms with Crippen molar-refractivity contribution in [2.75, 3.05) is 26.3 Å². The van der Waals surface area contributed by atoms with E-state index in [0.29, 0.717) is 38.7 Å². The molecule has 0 bridgehead atoms. The number of alkyl halides is 3. The molecule has 0 amide bonds. The largest absolute Gasteiger partial charge is 0.451 e. The third kappa shape index (κ3) is 2.53. The minimum atomic E-state index is -4.47. The average Bonchev–Trinajstić information content (AvgIpc) is 2.91. The van der Waals surface area contributed by atoms with Crippen molar-refractivity contribution < 1.29 is 17.9 Å². The minimum absolute atomic E-state index is 0.221. The minimum Gasteiger partial charge on any atom is -0.379 e. The summed E-state index contributed by atoms with van der Waals surface area (Å²) in [4.78, 5) is 2.09. The second kappa shape index (κ2) is 5.22. The molecule has 3 rings (SSSR count). The van der Waals surface area contributed by atoms with Crippen molar-refractivity contribution in [1.29, 1.82) is 0 Å². The standard InChI is InChI=1S/C12H18F3N5O/c13-12(14,15)10-18-17-9-6-19(3-4-20(9)10)11(7-16)2-1-5-21-8-11/h1-8,16H2. The lowest BCUT2D eigenvalue weighted by Gasteiger charge is -2.46. The molecule has 21 heavy (non-hydrogen) atoms. The van der Waals surface area contributed by atoms with Crippen molar-refractivity contribution >= 4 is 0 Å². The summed E-state index contributed by atoms with van der Waals surface area (Å²) < 4.78 is 45.2. The first-order chi connectivity index (χ1) is 9.96. The monoisotopic (exact) mass is 305 g/mol. The Kier molecular flexibility index (Phi) is 3.66. The Labute approximate surface area is 120 Å². The van der Waals surface area contributed by atoms with Gasteiger partial charge in [0.2, 0.25) is 5.82 Å². The first-order valence-corrected chi connectivity index (χ1v) is 6.98. The Morgan fingerprint density at radius 3 is 2.71 bits per heavy atom. The van der Waals surface area contributed by atoms with Gasteiger partial charge in [0, 0.05) is 26.2 Å². The molecule has 1 aromatic heterocycles. The summed E-state index contributed by atoms with van der Waals surface area (Å²) in [6, 6.07) is 0. The van der Waals surface area contributed by atoms with Crippen LogP contribution in [-0.4, -0.2) is 51.5 Å². The highest BCUT2D eigenvalue weighted by Gasteiger charge is 2.43. The molecule has 1 atom stereocenters. The molecular weight excluding hydrogens is 287 g/mol. The van der Waals surface area contributed by atoms with Gasteiger partial charge in [-0.3, -0.25) is 4.90 Å². The van der Waals surface area contributed by atoms with Gasteiger partial charge in [0.15, 0.2) is 0 Å². The van der Waals surface area contributed by atoms with Crippen molar-refractivity contribution in [2.45, 2.75) is 37.6 Å². The highest BCUT2D eigenvalue weighted by Crippen LogP contribution is 2.32. The van der Waals surface area contributed by atoms with Crippen LogP contribution in [-0.2, 0) is 24.0 Å². The summed E-state index contributed by atoms with van der Waals surface area (Å²) in [7, 11) is 0. The number of nitrogens with two attached hydrogens (primary N) is 1. The topological polar surface area (TPSA) is 69.2 Å². The Balaban J connectivity index is 1.83. The van der Waals surface area contributed by atoms with E-state index in [1.807, 2.05) is 0 Å². The van der Waals surface area contributed by atoms with Gasteiger partial charge < -0.3 is 15.0 Å². The van der Waals surface area contributed by atoms with E-state index in [9.17, 15) is 13.2 Å². The van der Waals surface area contributed by atoms with Crippen LogP contribution in [0.5, 0.6) is 0 Å². The normalized spacial score (nSPS) is 27.6. The number of nitrogens with zero attached hydrogens (tertiary/aromatic N) is 4. The van der Waals surface area contributed by atoms with Crippen LogP contribution in [0.15, 0.2) is 0 Å². The SMILES string of the molecule is NCC1(N2CCn3c(nnc3C(F)(F)F)C2)CCCOC1. The Morgan fingerprint density at radius 2 is 2.10 bits per heavy atom. The Bertz CT molecular complexity index is 509. The third-order valence-corrected chi connectivity index (χ3v) is 4.36. The van der Waals surface area contributed by atoms with Crippen LogP contribution in [0.3, 0.4) is 0 Å². The highest BCUT2D eigenvalue weighted by atomic mass is 19.4. The van der Waals surface area contributed by atoms with E-state index in [2.05, 4.69) is 15.1 Å². The van der Waals surface area contributed by atoms with Crippen LogP contribution < -0.4 is 5.73 Å². The van der Waals surface area contributed by atoms with Gasteiger partial charge >= 0.3 is 6.18 Å². The number of ether oxygens (including phenoxy) is 1. The summed E-state index contributed by atoms with van der Waals surface area (Å²) >= 11 is 0. The molecule has 0 aromatic carbocycles. The summed E-state index contributed by atoms with van der Waals surface area (Å²) in [5.74, 6) is -0.578. The van der Waals surface area contributed by atoms with Crippen molar-refractivity contribution in [1.82, 2.24) is 19.7 Å². The molecular formula is C12H18F3N5O. The summed E-state index contributed by atoms with van der Waals surface area (Å²) in [6.07, 6.45) is -2.66. The highest BCUT2D eigenvalue weighted by molar-refractivity contribution is 5.05. The molecule has 2 aliphatic rings. The molecule has 3 heterocycles. The fourth-order valence-corrected chi connectivity index (χ4v) is 3.15. The van der Waals surface area contributed by atoms with Crippen molar-refractivity contribution in [3.8, 4) is 0 Å². The van der Waals surface area contributed by atoms with Crippen molar-refractivity contribution in [2.24, 2.45) is 5.73 Å². The predicted octanol–water partition coefficient (Wildman–Crippen LogP) is 0.620. The lowest BCUT2D eigenvalue weighted by atomic mass is 9.89. The van der Waals surface area contributed by atoms with E-state index in [0.717, 1.165) is 17.4 Å². The van der Waals surface area contributed by atoms with Gasteiger partial charge in [-0.1, -0.05) is 0 Å². The molecule has 9 heteroatoms. The Hall–Kier alpha value is -1.19. The second-order valence-corrected chi connectivity index (χ2v) is 5.60. The maximum atomic E-state index is 12.8. The smallest absolute Gasteiger partial charge is 0.379 e. The van der Waals surface area contributed by atoms with Gasteiger partial charge in [0.05, 0.1) is 18.7 Å². The number of hydrogen-bond acceptors (Lipinski definition) is 5. The fourth-order valence-electron chi connectivity index (χ4n) is 3.15. The first kappa shape index (κ1) is 14.7. The van der Waals surface area contributed by atoms with E-state index < -0.39 is 12.0 Å². The molecule has 2 N–H and O–H groups in total. The molecule has 6 nitrogen and oxygen atoms in total. The van der Waals surface area contributed by atoms with Gasteiger partial charge in [-0.05, 0) is 12.8 Å².